The van der Waals surface area contributed by atoms with E-state index in [1.807, 2.05) is 19.2 Å². The minimum Gasteiger partial charge on any atom is -0.497 e. The van der Waals surface area contributed by atoms with Gasteiger partial charge in [-0.25, -0.2) is 4.98 Å². The van der Waals surface area contributed by atoms with Crippen molar-refractivity contribution in [1.82, 2.24) is 10.3 Å². The van der Waals surface area contributed by atoms with Gasteiger partial charge in [0, 0.05) is 16.8 Å². The van der Waals surface area contributed by atoms with Gasteiger partial charge in [0.05, 0.1) is 12.8 Å². The Labute approximate surface area is 123 Å². The number of hydrogen-bond donors (Lipinski definition) is 2. The van der Waals surface area contributed by atoms with Crippen LogP contribution in [0.3, 0.4) is 0 Å². The Morgan fingerprint density at radius 3 is 3.05 bits per heavy atom. The Hall–Kier alpha value is -1.59. The van der Waals surface area contributed by atoms with Gasteiger partial charge in [-0.05, 0) is 37.6 Å². The van der Waals surface area contributed by atoms with Crippen molar-refractivity contribution in [2.45, 2.75) is 24.8 Å². The SMILES string of the molecule is CNC1(c2cccc(OC)c2)CCc2nc(N)sc2C1. The largest absolute Gasteiger partial charge is 0.497 e. The molecule has 0 radical (unpaired) electrons. The normalized spacial score (nSPS) is 21.5. The summed E-state index contributed by atoms with van der Waals surface area (Å²) in [6.07, 6.45) is 2.91. The first-order valence-electron chi connectivity index (χ1n) is 6.74. The molecular formula is C15H19N3OS. The molecule has 4 nitrogen and oxygen atoms in total. The molecule has 3 N–H and O–H groups in total. The van der Waals surface area contributed by atoms with Gasteiger partial charge < -0.3 is 15.8 Å². The maximum Gasteiger partial charge on any atom is 0.180 e. The van der Waals surface area contributed by atoms with E-state index < -0.39 is 0 Å². The second-order valence-electron chi connectivity index (χ2n) is 5.16. The molecule has 0 aliphatic heterocycles. The number of nitrogens with two attached hydrogens (primary N) is 1. The van der Waals surface area contributed by atoms with Crippen molar-refractivity contribution in [2.75, 3.05) is 19.9 Å². The van der Waals surface area contributed by atoms with Gasteiger partial charge in [0.25, 0.3) is 0 Å². The fourth-order valence-electron chi connectivity index (χ4n) is 2.96. The molecule has 2 aromatic rings. The van der Waals surface area contributed by atoms with Crippen molar-refractivity contribution < 1.29 is 4.74 Å². The minimum absolute atomic E-state index is 0.0550. The van der Waals surface area contributed by atoms with Gasteiger partial charge in [-0.3, -0.25) is 0 Å². The summed E-state index contributed by atoms with van der Waals surface area (Å²) < 4.78 is 5.35. The molecular weight excluding hydrogens is 270 g/mol. The molecule has 0 saturated heterocycles. The summed E-state index contributed by atoms with van der Waals surface area (Å²) in [6.45, 7) is 0. The highest BCUT2D eigenvalue weighted by Gasteiger charge is 2.36. The van der Waals surface area contributed by atoms with Gasteiger partial charge in [0.15, 0.2) is 5.13 Å². The first-order valence-corrected chi connectivity index (χ1v) is 7.56. The van der Waals surface area contributed by atoms with E-state index >= 15 is 0 Å². The van der Waals surface area contributed by atoms with Gasteiger partial charge in [0.1, 0.15) is 5.75 Å². The Morgan fingerprint density at radius 2 is 2.30 bits per heavy atom. The van der Waals surface area contributed by atoms with Crippen LogP contribution in [0.25, 0.3) is 0 Å². The molecule has 106 valence electrons. The molecule has 3 rings (SSSR count). The number of aromatic nitrogens is 1. The molecule has 1 aromatic carbocycles. The van der Waals surface area contributed by atoms with Crippen molar-refractivity contribution in [3.8, 4) is 5.75 Å². The first-order chi connectivity index (χ1) is 9.66. The molecule has 0 fully saturated rings. The number of ether oxygens (including phenoxy) is 1. The van der Waals surface area contributed by atoms with Crippen molar-refractivity contribution in [3.05, 3.63) is 40.4 Å². The number of anilines is 1. The third kappa shape index (κ3) is 2.17. The monoisotopic (exact) mass is 289 g/mol. The summed E-state index contributed by atoms with van der Waals surface area (Å²) in [5.41, 5.74) is 8.21. The number of aryl methyl sites for hydroxylation is 1. The third-order valence-electron chi connectivity index (χ3n) is 4.15. The first kappa shape index (κ1) is 13.4. The smallest absolute Gasteiger partial charge is 0.180 e. The Bertz CT molecular complexity index is 625. The standard InChI is InChI=1S/C15H19N3OS/c1-17-15(10-4-3-5-11(8-10)19-2)7-6-12-13(9-15)20-14(16)18-12/h3-5,8,17H,6-7,9H2,1-2H3,(H2,16,18). The van der Waals surface area contributed by atoms with Crippen LogP contribution in [0.1, 0.15) is 22.6 Å². The summed E-state index contributed by atoms with van der Waals surface area (Å²) in [6, 6.07) is 8.30. The van der Waals surface area contributed by atoms with Crippen molar-refractivity contribution in [3.63, 3.8) is 0 Å². The fraction of sp³-hybridized carbons (Fsp3) is 0.400. The summed E-state index contributed by atoms with van der Waals surface area (Å²) in [5, 5.41) is 4.19. The Kier molecular flexibility index (Phi) is 3.40. The van der Waals surface area contributed by atoms with E-state index in [-0.39, 0.29) is 5.54 Å². The van der Waals surface area contributed by atoms with Crippen LogP contribution in [-0.4, -0.2) is 19.1 Å². The summed E-state index contributed by atoms with van der Waals surface area (Å²) in [4.78, 5) is 5.72. The number of rotatable bonds is 3. The van der Waals surface area contributed by atoms with E-state index in [1.165, 1.54) is 16.1 Å². The van der Waals surface area contributed by atoms with Crippen LogP contribution in [0.5, 0.6) is 5.75 Å². The molecule has 0 bridgehead atoms. The number of benzene rings is 1. The van der Waals surface area contributed by atoms with E-state index in [4.69, 9.17) is 10.5 Å². The zero-order chi connectivity index (χ0) is 14.2. The molecule has 1 aliphatic rings. The second kappa shape index (κ2) is 5.07. The average molecular weight is 289 g/mol. The number of nitrogen functional groups attached to an aromatic ring is 1. The molecule has 1 unspecified atom stereocenters. The summed E-state index contributed by atoms with van der Waals surface area (Å²) in [5.74, 6) is 0.895. The van der Waals surface area contributed by atoms with Crippen LogP contribution in [-0.2, 0) is 18.4 Å². The molecule has 1 aromatic heterocycles. The predicted octanol–water partition coefficient (Wildman–Crippen LogP) is 2.34. The van der Waals surface area contributed by atoms with E-state index in [9.17, 15) is 0 Å². The topological polar surface area (TPSA) is 60.2 Å². The number of thiazole rings is 1. The number of hydrogen-bond acceptors (Lipinski definition) is 5. The minimum atomic E-state index is -0.0550. The number of nitrogens with one attached hydrogen (secondary N) is 1. The lowest BCUT2D eigenvalue weighted by Gasteiger charge is -2.37. The van der Waals surface area contributed by atoms with Gasteiger partial charge in [0.2, 0.25) is 0 Å². The Morgan fingerprint density at radius 1 is 1.45 bits per heavy atom. The summed E-state index contributed by atoms with van der Waals surface area (Å²) in [7, 11) is 3.73. The van der Waals surface area contributed by atoms with Crippen LogP contribution in [0.2, 0.25) is 0 Å². The lowest BCUT2D eigenvalue weighted by Crippen LogP contribution is -2.44. The van der Waals surface area contributed by atoms with Crippen LogP contribution < -0.4 is 15.8 Å². The van der Waals surface area contributed by atoms with Crippen LogP contribution in [0.15, 0.2) is 24.3 Å². The molecule has 0 saturated carbocycles. The number of fused-ring (bicyclic) bond motifs is 1. The highest BCUT2D eigenvalue weighted by atomic mass is 32.1. The van der Waals surface area contributed by atoms with Crippen molar-refractivity contribution in [1.29, 1.82) is 0 Å². The quantitative estimate of drug-likeness (QED) is 0.910. The zero-order valence-corrected chi connectivity index (χ0v) is 12.6. The van der Waals surface area contributed by atoms with E-state index in [0.29, 0.717) is 5.13 Å². The molecule has 1 atom stereocenters. The van der Waals surface area contributed by atoms with E-state index in [2.05, 4.69) is 22.4 Å². The van der Waals surface area contributed by atoms with E-state index in [0.717, 1.165) is 25.0 Å². The lowest BCUT2D eigenvalue weighted by atomic mass is 9.78. The van der Waals surface area contributed by atoms with E-state index in [1.54, 1.807) is 18.4 Å². The Balaban J connectivity index is 2.00. The van der Waals surface area contributed by atoms with Gasteiger partial charge >= 0.3 is 0 Å². The van der Waals surface area contributed by atoms with Crippen molar-refractivity contribution in [2.24, 2.45) is 0 Å². The fourth-order valence-corrected chi connectivity index (χ4v) is 3.95. The molecule has 1 heterocycles. The second-order valence-corrected chi connectivity index (χ2v) is 6.28. The zero-order valence-electron chi connectivity index (χ0n) is 11.8. The molecule has 5 heteroatoms. The van der Waals surface area contributed by atoms with Crippen molar-refractivity contribution >= 4 is 16.5 Å². The predicted molar refractivity (Wildman–Crippen MR) is 82.3 cm³/mol. The number of methoxy groups -OCH3 is 1. The van der Waals surface area contributed by atoms with Gasteiger partial charge in [-0.2, -0.15) is 0 Å². The molecule has 20 heavy (non-hydrogen) atoms. The molecule has 1 aliphatic carbocycles. The third-order valence-corrected chi connectivity index (χ3v) is 5.07. The molecule has 0 amide bonds. The van der Waals surface area contributed by atoms with Gasteiger partial charge in [-0.1, -0.05) is 12.1 Å². The highest BCUT2D eigenvalue weighted by molar-refractivity contribution is 7.15. The van der Waals surface area contributed by atoms with Gasteiger partial charge in [-0.15, -0.1) is 11.3 Å². The van der Waals surface area contributed by atoms with Crippen LogP contribution in [0, 0.1) is 0 Å². The van der Waals surface area contributed by atoms with Crippen LogP contribution in [0.4, 0.5) is 5.13 Å². The number of likely N-dealkylation sites (N-methyl/N-ethyl adjacent to an activating group) is 1. The lowest BCUT2D eigenvalue weighted by molar-refractivity contribution is 0.314. The summed E-state index contributed by atoms with van der Waals surface area (Å²) >= 11 is 1.61. The maximum absolute atomic E-state index is 5.84. The van der Waals surface area contributed by atoms with Crippen LogP contribution >= 0.6 is 11.3 Å². The highest BCUT2D eigenvalue weighted by Crippen LogP contribution is 2.39. The molecule has 0 spiro atoms. The number of nitrogens with zero attached hydrogens (tertiary/aromatic N) is 1. The maximum atomic E-state index is 5.84. The average Bonchev–Trinajstić information content (AvgIpc) is 2.86.